The molecule has 0 aliphatic carbocycles. The van der Waals surface area contributed by atoms with Crippen molar-refractivity contribution < 1.29 is 13.2 Å². The molecule has 2 aromatic rings. The molecule has 0 saturated heterocycles. The molecule has 0 fully saturated rings. The topological polar surface area (TPSA) is 24.9 Å². The molecule has 102 valence electrons. The van der Waals surface area contributed by atoms with Gasteiger partial charge in [-0.3, -0.25) is 0 Å². The first-order chi connectivity index (χ1) is 8.93. The van der Waals surface area contributed by atoms with Crippen LogP contribution >= 0.6 is 15.9 Å². The summed E-state index contributed by atoms with van der Waals surface area (Å²) in [4.78, 5) is 3.70. The number of fused-ring (bicyclic) bond motifs is 1. The third-order valence-corrected chi connectivity index (χ3v) is 3.29. The van der Waals surface area contributed by atoms with Crippen molar-refractivity contribution in [2.45, 2.75) is 19.5 Å². The molecular weight excluding hydrogens is 321 g/mol. The van der Waals surface area contributed by atoms with Crippen molar-refractivity contribution in [2.24, 2.45) is 0 Å². The average Bonchev–Trinajstić information content (AvgIpc) is 2.35. The summed E-state index contributed by atoms with van der Waals surface area (Å²) in [5.74, 6) is 0. The van der Waals surface area contributed by atoms with Crippen molar-refractivity contribution >= 4 is 32.5 Å². The Hall–Kier alpha value is -1.30. The van der Waals surface area contributed by atoms with Crippen LogP contribution in [0.25, 0.3) is 10.9 Å². The van der Waals surface area contributed by atoms with E-state index in [1.807, 2.05) is 6.92 Å². The highest BCUT2D eigenvalue weighted by atomic mass is 79.9. The molecule has 0 aliphatic rings. The number of anilines is 1. The Kier molecular flexibility index (Phi) is 3.99. The maximum atomic E-state index is 12.8. The number of para-hydroxylation sites is 1. The first kappa shape index (κ1) is 14.1. The Labute approximate surface area is 117 Å². The van der Waals surface area contributed by atoms with Crippen LogP contribution in [0.2, 0.25) is 0 Å². The van der Waals surface area contributed by atoms with Crippen LogP contribution in [0.4, 0.5) is 18.9 Å². The Balaban J connectivity index is 2.66. The molecule has 0 bridgehead atoms. The smallest absolute Gasteiger partial charge is 0.384 e. The molecule has 0 aliphatic heterocycles. The van der Waals surface area contributed by atoms with Gasteiger partial charge < -0.3 is 5.32 Å². The highest BCUT2D eigenvalue weighted by Crippen LogP contribution is 2.35. The highest BCUT2D eigenvalue weighted by Gasteiger charge is 2.33. The predicted molar refractivity (Wildman–Crippen MR) is 73.2 cm³/mol. The van der Waals surface area contributed by atoms with Crippen molar-refractivity contribution in [3.8, 4) is 0 Å². The molecule has 1 aromatic carbocycles. The van der Waals surface area contributed by atoms with Gasteiger partial charge in [-0.2, -0.15) is 13.2 Å². The van der Waals surface area contributed by atoms with E-state index in [-0.39, 0.29) is 0 Å². The second-order valence-corrected chi connectivity index (χ2v) is 4.97. The molecule has 0 atom stereocenters. The van der Waals surface area contributed by atoms with Crippen LogP contribution in [0.15, 0.2) is 28.7 Å². The van der Waals surface area contributed by atoms with Crippen LogP contribution < -0.4 is 5.32 Å². The van der Waals surface area contributed by atoms with Gasteiger partial charge in [0.2, 0.25) is 0 Å². The fourth-order valence-corrected chi connectivity index (χ4v) is 2.22. The van der Waals surface area contributed by atoms with E-state index in [0.29, 0.717) is 27.6 Å². The van der Waals surface area contributed by atoms with Gasteiger partial charge in [-0.1, -0.05) is 19.1 Å². The number of hydrogen-bond acceptors (Lipinski definition) is 2. The second-order valence-electron chi connectivity index (χ2n) is 4.12. The minimum Gasteiger partial charge on any atom is -0.384 e. The number of benzene rings is 1. The lowest BCUT2D eigenvalue weighted by molar-refractivity contribution is -0.140. The zero-order valence-corrected chi connectivity index (χ0v) is 11.8. The predicted octanol–water partition coefficient (Wildman–Crippen LogP) is 4.84. The minimum atomic E-state index is -4.45. The molecular formula is C13H12BrF3N2. The number of aromatic nitrogens is 1. The lowest BCUT2D eigenvalue weighted by atomic mass is 10.1. The number of rotatable bonds is 3. The van der Waals surface area contributed by atoms with E-state index in [1.165, 1.54) is 0 Å². The molecule has 0 saturated carbocycles. The van der Waals surface area contributed by atoms with Gasteiger partial charge in [-0.05, 0) is 34.5 Å². The first-order valence-electron chi connectivity index (χ1n) is 5.84. The fourth-order valence-electron chi connectivity index (χ4n) is 1.76. The van der Waals surface area contributed by atoms with Crippen molar-refractivity contribution in [1.29, 1.82) is 0 Å². The van der Waals surface area contributed by atoms with Crippen LogP contribution in [0, 0.1) is 0 Å². The van der Waals surface area contributed by atoms with Gasteiger partial charge >= 0.3 is 6.18 Å². The quantitative estimate of drug-likeness (QED) is 0.870. The van der Waals surface area contributed by atoms with Gasteiger partial charge in [0.1, 0.15) is 5.69 Å². The van der Waals surface area contributed by atoms with Crippen molar-refractivity contribution in [3.63, 3.8) is 0 Å². The molecule has 2 nitrogen and oxygen atoms in total. The zero-order valence-electron chi connectivity index (χ0n) is 10.2. The highest BCUT2D eigenvalue weighted by molar-refractivity contribution is 9.10. The molecule has 0 unspecified atom stereocenters. The zero-order chi connectivity index (χ0) is 14.0. The number of halogens is 4. The Morgan fingerprint density at radius 2 is 2.05 bits per heavy atom. The molecule has 1 aromatic heterocycles. The summed E-state index contributed by atoms with van der Waals surface area (Å²) in [6.07, 6.45) is -3.62. The summed E-state index contributed by atoms with van der Waals surface area (Å²) in [7, 11) is 0. The van der Waals surface area contributed by atoms with E-state index in [0.717, 1.165) is 12.5 Å². The molecule has 0 amide bonds. The molecule has 1 N–H and O–H groups in total. The van der Waals surface area contributed by atoms with Crippen LogP contribution in [-0.2, 0) is 6.18 Å². The van der Waals surface area contributed by atoms with Gasteiger partial charge in [0, 0.05) is 22.1 Å². The largest absolute Gasteiger partial charge is 0.433 e. The van der Waals surface area contributed by atoms with Gasteiger partial charge in [0.05, 0.1) is 5.52 Å². The summed E-state index contributed by atoms with van der Waals surface area (Å²) in [5.41, 5.74) is -0.109. The molecule has 0 radical (unpaired) electrons. The molecule has 2 rings (SSSR count). The van der Waals surface area contributed by atoms with Crippen LogP contribution in [0.1, 0.15) is 19.0 Å². The van der Waals surface area contributed by atoms with E-state index in [4.69, 9.17) is 0 Å². The van der Waals surface area contributed by atoms with Crippen molar-refractivity contribution in [2.75, 3.05) is 11.9 Å². The van der Waals surface area contributed by atoms with Crippen LogP contribution in [0.3, 0.4) is 0 Å². The Morgan fingerprint density at radius 3 is 2.68 bits per heavy atom. The molecule has 0 spiro atoms. The van der Waals surface area contributed by atoms with Crippen LogP contribution in [-0.4, -0.2) is 11.5 Å². The molecule has 6 heteroatoms. The van der Waals surface area contributed by atoms with E-state index >= 15 is 0 Å². The third-order valence-electron chi connectivity index (χ3n) is 2.65. The van der Waals surface area contributed by atoms with Crippen LogP contribution in [0.5, 0.6) is 0 Å². The van der Waals surface area contributed by atoms with Gasteiger partial charge in [0.25, 0.3) is 0 Å². The monoisotopic (exact) mass is 332 g/mol. The maximum Gasteiger partial charge on any atom is 0.433 e. The minimum absolute atomic E-state index is 0.316. The maximum absolute atomic E-state index is 12.8. The van der Waals surface area contributed by atoms with E-state index in [2.05, 4.69) is 26.2 Å². The number of nitrogens with zero attached hydrogens (tertiary/aromatic N) is 1. The summed E-state index contributed by atoms with van der Waals surface area (Å²) >= 11 is 3.24. The Bertz CT molecular complexity index is 596. The fraction of sp³-hybridized carbons (Fsp3) is 0.308. The average molecular weight is 333 g/mol. The molecule has 1 heterocycles. The van der Waals surface area contributed by atoms with Crippen molar-refractivity contribution in [1.82, 2.24) is 4.98 Å². The van der Waals surface area contributed by atoms with Gasteiger partial charge in [-0.15, -0.1) is 0 Å². The number of pyridine rings is 1. The van der Waals surface area contributed by atoms with Crippen molar-refractivity contribution in [3.05, 3.63) is 34.4 Å². The first-order valence-corrected chi connectivity index (χ1v) is 6.63. The molecule has 19 heavy (non-hydrogen) atoms. The van der Waals surface area contributed by atoms with E-state index in [9.17, 15) is 13.2 Å². The lowest BCUT2D eigenvalue weighted by Gasteiger charge is -2.13. The van der Waals surface area contributed by atoms with Gasteiger partial charge in [-0.25, -0.2) is 4.98 Å². The second kappa shape index (κ2) is 5.36. The summed E-state index contributed by atoms with van der Waals surface area (Å²) in [6.45, 7) is 2.57. The number of nitrogens with one attached hydrogen (secondary N) is 1. The SMILES string of the molecule is CCCNc1cc(C(F)(F)F)nc2c(Br)cccc12. The summed E-state index contributed by atoms with van der Waals surface area (Å²) in [5, 5.41) is 3.69. The third kappa shape index (κ3) is 3.00. The Morgan fingerprint density at radius 1 is 1.32 bits per heavy atom. The van der Waals surface area contributed by atoms with Gasteiger partial charge in [0.15, 0.2) is 0 Å². The van der Waals surface area contributed by atoms with E-state index < -0.39 is 11.9 Å². The van der Waals surface area contributed by atoms with E-state index in [1.54, 1.807) is 18.2 Å². The summed E-state index contributed by atoms with van der Waals surface area (Å²) in [6, 6.07) is 6.27. The summed E-state index contributed by atoms with van der Waals surface area (Å²) < 4.78 is 39.1. The number of hydrogen-bond donors (Lipinski definition) is 1. The normalized spacial score (nSPS) is 11.8. The lowest BCUT2D eigenvalue weighted by Crippen LogP contribution is -2.10. The standard InChI is InChI=1S/C13H12BrF3N2/c1-2-6-18-10-7-11(13(15,16)17)19-12-8(10)4-3-5-9(12)14/h3-5,7H,2,6H2,1H3,(H,18,19). The number of alkyl halides is 3.